The number of carbonyl (C=O) groups excluding carboxylic acids is 2. The van der Waals surface area contributed by atoms with Crippen molar-refractivity contribution >= 4 is 29.1 Å². The lowest BCUT2D eigenvalue weighted by Gasteiger charge is -2.25. The van der Waals surface area contributed by atoms with E-state index in [1.54, 1.807) is 12.1 Å². The lowest BCUT2D eigenvalue weighted by atomic mass is 10.0. The highest BCUT2D eigenvalue weighted by Crippen LogP contribution is 2.34. The monoisotopic (exact) mass is 502 g/mol. The smallest absolute Gasteiger partial charge is 0.350 e. The van der Waals surface area contributed by atoms with Gasteiger partial charge in [-0.3, -0.25) is 9.59 Å². The molecule has 2 heterocycles. The zero-order chi connectivity index (χ0) is 25.3. The van der Waals surface area contributed by atoms with Crippen molar-refractivity contribution in [3.05, 3.63) is 94.3 Å². The van der Waals surface area contributed by atoms with Crippen LogP contribution >= 0.6 is 11.6 Å². The number of amides is 2. The fourth-order valence-corrected chi connectivity index (χ4v) is 4.10. The Kier molecular flexibility index (Phi) is 6.71. The number of hydrazone groups is 1. The van der Waals surface area contributed by atoms with E-state index >= 15 is 0 Å². The van der Waals surface area contributed by atoms with Gasteiger partial charge in [-0.25, -0.2) is 5.01 Å². The van der Waals surface area contributed by atoms with E-state index < -0.39 is 23.6 Å². The molecule has 0 aliphatic carbocycles. The number of likely N-dealkylation sites (N-methyl/N-ethyl adjacent to an activating group) is 1. The molecule has 6 nitrogen and oxygen atoms in total. The number of hydrogen-bond donors (Lipinski definition) is 0. The summed E-state index contributed by atoms with van der Waals surface area (Å²) < 4.78 is 40.4. The first kappa shape index (κ1) is 24.5. The first-order valence-corrected chi connectivity index (χ1v) is 11.1. The molecule has 1 aromatic heterocycles. The van der Waals surface area contributed by atoms with E-state index in [1.165, 1.54) is 17.0 Å². The Morgan fingerprint density at radius 3 is 2.31 bits per heavy atom. The zero-order valence-electron chi connectivity index (χ0n) is 19.0. The Morgan fingerprint density at radius 2 is 1.74 bits per heavy atom. The number of carbonyl (C=O) groups is 2. The van der Waals surface area contributed by atoms with E-state index in [4.69, 9.17) is 11.6 Å². The van der Waals surface area contributed by atoms with Gasteiger partial charge in [-0.2, -0.15) is 18.3 Å². The Bertz CT molecular complexity index is 1270. The van der Waals surface area contributed by atoms with Gasteiger partial charge in [-0.1, -0.05) is 23.7 Å². The van der Waals surface area contributed by atoms with Crippen LogP contribution in [0.4, 0.5) is 13.2 Å². The molecule has 4 rings (SSSR count). The van der Waals surface area contributed by atoms with Crippen molar-refractivity contribution in [3.8, 4) is 0 Å². The Morgan fingerprint density at radius 1 is 1.09 bits per heavy atom. The van der Waals surface area contributed by atoms with Crippen molar-refractivity contribution in [1.29, 1.82) is 0 Å². The standard InChI is InChI=1S/C25H22ClF3N4O2/c1-31-13-3-4-21(31)20-14-22(16-7-11-19(26)12-8-16)33(30-20)23(34)15-32(2)24(35)17-5-9-18(10-6-17)25(27,28)29/h3-13,22H,14-15H2,1-2H3/t22-/m0/s1. The molecule has 0 saturated heterocycles. The van der Waals surface area contributed by atoms with Crippen LogP contribution in [0.15, 0.2) is 72.0 Å². The number of aromatic nitrogens is 1. The summed E-state index contributed by atoms with van der Waals surface area (Å²) >= 11 is 6.03. The second-order valence-corrected chi connectivity index (χ2v) is 8.73. The largest absolute Gasteiger partial charge is 0.416 e. The molecule has 0 fully saturated rings. The first-order valence-electron chi connectivity index (χ1n) is 10.7. The number of hydrogen-bond acceptors (Lipinski definition) is 3. The number of nitrogens with zero attached hydrogens (tertiary/aromatic N) is 4. The Balaban J connectivity index is 1.55. The number of rotatable bonds is 5. The van der Waals surface area contributed by atoms with Crippen molar-refractivity contribution in [1.82, 2.24) is 14.5 Å². The molecule has 35 heavy (non-hydrogen) atoms. The summed E-state index contributed by atoms with van der Waals surface area (Å²) in [4.78, 5) is 27.2. The molecule has 0 spiro atoms. The van der Waals surface area contributed by atoms with Gasteiger partial charge < -0.3 is 9.47 Å². The van der Waals surface area contributed by atoms with E-state index in [2.05, 4.69) is 5.10 Å². The minimum Gasteiger partial charge on any atom is -0.350 e. The van der Waals surface area contributed by atoms with Crippen molar-refractivity contribution in [2.75, 3.05) is 13.6 Å². The van der Waals surface area contributed by atoms with Crippen LogP contribution in [0.1, 0.15) is 39.6 Å². The number of benzene rings is 2. The molecule has 182 valence electrons. The summed E-state index contributed by atoms with van der Waals surface area (Å²) in [6, 6.07) is 14.4. The third kappa shape index (κ3) is 5.24. The van der Waals surface area contributed by atoms with E-state index in [9.17, 15) is 22.8 Å². The van der Waals surface area contributed by atoms with Gasteiger partial charge in [0.05, 0.1) is 23.0 Å². The second kappa shape index (κ2) is 9.58. The van der Waals surface area contributed by atoms with Gasteiger partial charge >= 0.3 is 6.18 Å². The molecule has 2 amide bonds. The molecule has 2 aromatic carbocycles. The van der Waals surface area contributed by atoms with Crippen molar-refractivity contribution in [3.63, 3.8) is 0 Å². The lowest BCUT2D eigenvalue weighted by molar-refractivity contribution is -0.137. The molecule has 0 bridgehead atoms. The highest BCUT2D eigenvalue weighted by molar-refractivity contribution is 6.30. The maximum atomic E-state index is 13.3. The van der Waals surface area contributed by atoms with Crippen LogP contribution in [-0.4, -0.2) is 45.6 Å². The van der Waals surface area contributed by atoms with Crippen molar-refractivity contribution < 1.29 is 22.8 Å². The minimum absolute atomic E-state index is 0.0528. The zero-order valence-corrected chi connectivity index (χ0v) is 19.7. The van der Waals surface area contributed by atoms with E-state index in [1.807, 2.05) is 42.1 Å². The van der Waals surface area contributed by atoms with E-state index in [0.29, 0.717) is 11.4 Å². The van der Waals surface area contributed by atoms with Gasteiger partial charge in [0.25, 0.3) is 11.8 Å². The fourth-order valence-electron chi connectivity index (χ4n) is 3.97. The molecule has 0 N–H and O–H groups in total. The van der Waals surface area contributed by atoms with Crippen LogP contribution in [0.3, 0.4) is 0 Å². The van der Waals surface area contributed by atoms with Gasteiger partial charge in [0.15, 0.2) is 0 Å². The molecule has 3 aromatic rings. The molecule has 0 unspecified atom stereocenters. The summed E-state index contributed by atoms with van der Waals surface area (Å²) in [5.74, 6) is -0.988. The predicted molar refractivity (Wildman–Crippen MR) is 126 cm³/mol. The van der Waals surface area contributed by atoms with Crippen LogP contribution in [-0.2, 0) is 18.0 Å². The second-order valence-electron chi connectivity index (χ2n) is 8.30. The molecule has 1 aliphatic rings. The third-order valence-corrected chi connectivity index (χ3v) is 6.09. The average Bonchev–Trinajstić information content (AvgIpc) is 3.45. The van der Waals surface area contributed by atoms with Crippen LogP contribution in [0.25, 0.3) is 0 Å². The fraction of sp³-hybridized carbons (Fsp3) is 0.240. The average molecular weight is 503 g/mol. The quantitative estimate of drug-likeness (QED) is 0.484. The summed E-state index contributed by atoms with van der Waals surface area (Å²) in [5.41, 5.74) is 1.64. The SMILES string of the molecule is CN(CC(=O)N1N=C(c2cccn2C)C[C@H]1c1ccc(Cl)cc1)C(=O)c1ccc(C(F)(F)F)cc1. The van der Waals surface area contributed by atoms with Gasteiger partial charge in [0, 0.05) is 37.3 Å². The molecule has 10 heteroatoms. The topological polar surface area (TPSA) is 57.9 Å². The Hall–Kier alpha value is -3.59. The van der Waals surface area contributed by atoms with E-state index in [-0.39, 0.29) is 18.2 Å². The number of halogens is 4. The maximum Gasteiger partial charge on any atom is 0.416 e. The minimum atomic E-state index is -4.50. The highest BCUT2D eigenvalue weighted by Gasteiger charge is 2.35. The van der Waals surface area contributed by atoms with Gasteiger partial charge in [-0.05, 0) is 54.1 Å². The first-order chi connectivity index (χ1) is 16.5. The molecular weight excluding hydrogens is 481 g/mol. The van der Waals surface area contributed by atoms with E-state index in [0.717, 1.165) is 41.2 Å². The molecular formula is C25H22ClF3N4O2. The highest BCUT2D eigenvalue weighted by atomic mass is 35.5. The molecule has 0 saturated carbocycles. The van der Waals surface area contributed by atoms with Crippen molar-refractivity contribution in [2.45, 2.75) is 18.6 Å². The molecule has 0 radical (unpaired) electrons. The van der Waals surface area contributed by atoms with Crippen LogP contribution in [0, 0.1) is 0 Å². The molecule has 1 aliphatic heterocycles. The maximum absolute atomic E-state index is 13.3. The summed E-state index contributed by atoms with van der Waals surface area (Å²) in [6.45, 7) is -0.298. The number of alkyl halides is 3. The lowest BCUT2D eigenvalue weighted by Crippen LogP contribution is -2.39. The van der Waals surface area contributed by atoms with Gasteiger partial charge in [-0.15, -0.1) is 0 Å². The van der Waals surface area contributed by atoms with Gasteiger partial charge in [0.2, 0.25) is 0 Å². The predicted octanol–water partition coefficient (Wildman–Crippen LogP) is 5.15. The van der Waals surface area contributed by atoms with Crippen LogP contribution < -0.4 is 0 Å². The third-order valence-electron chi connectivity index (χ3n) is 5.84. The van der Waals surface area contributed by atoms with Crippen molar-refractivity contribution in [2.24, 2.45) is 12.1 Å². The Labute approximate surface area is 205 Å². The summed E-state index contributed by atoms with van der Waals surface area (Å²) in [5, 5.41) is 6.51. The summed E-state index contributed by atoms with van der Waals surface area (Å²) in [6.07, 6.45) is -2.14. The van der Waals surface area contributed by atoms with Crippen LogP contribution in [0.5, 0.6) is 0 Å². The van der Waals surface area contributed by atoms with Gasteiger partial charge in [0.1, 0.15) is 6.54 Å². The normalized spacial score (nSPS) is 15.8. The summed E-state index contributed by atoms with van der Waals surface area (Å²) in [7, 11) is 3.31. The molecule has 1 atom stereocenters. The van der Waals surface area contributed by atoms with Crippen LogP contribution in [0.2, 0.25) is 5.02 Å². The number of aryl methyl sites for hydroxylation is 1.